The van der Waals surface area contributed by atoms with Gasteiger partial charge in [-0.2, -0.15) is 0 Å². The SMILES string of the molecule is O=C(CSCc1cccc2ccccc12)Nc1cccc(F)c1. The van der Waals surface area contributed by atoms with E-state index in [1.807, 2.05) is 18.2 Å². The van der Waals surface area contributed by atoms with Gasteiger partial charge >= 0.3 is 0 Å². The standard InChI is InChI=1S/C19H16FNOS/c20-16-8-4-9-17(11-16)21-19(22)13-23-12-15-7-3-6-14-5-1-2-10-18(14)15/h1-11H,12-13H2,(H,21,22). The molecule has 0 aliphatic rings. The van der Waals surface area contributed by atoms with Crippen molar-refractivity contribution in [3.8, 4) is 0 Å². The van der Waals surface area contributed by atoms with Crippen molar-refractivity contribution in [2.75, 3.05) is 11.1 Å². The number of amides is 1. The second-order valence-electron chi connectivity index (χ2n) is 5.19. The minimum Gasteiger partial charge on any atom is -0.325 e. The van der Waals surface area contributed by atoms with E-state index in [-0.39, 0.29) is 11.7 Å². The molecule has 3 aromatic carbocycles. The Kier molecular flexibility index (Phi) is 4.93. The van der Waals surface area contributed by atoms with Gasteiger partial charge in [0.1, 0.15) is 5.82 Å². The fraction of sp³-hybridized carbons (Fsp3) is 0.105. The number of anilines is 1. The molecule has 0 heterocycles. The molecule has 3 rings (SSSR count). The van der Waals surface area contributed by atoms with Crippen LogP contribution in [-0.2, 0) is 10.5 Å². The first-order chi connectivity index (χ1) is 11.2. The van der Waals surface area contributed by atoms with Crippen molar-refractivity contribution in [2.45, 2.75) is 5.75 Å². The Balaban J connectivity index is 1.57. The normalized spacial score (nSPS) is 10.7. The van der Waals surface area contributed by atoms with Crippen LogP contribution in [0.3, 0.4) is 0 Å². The number of nitrogens with one attached hydrogen (secondary N) is 1. The Hall–Kier alpha value is -2.33. The van der Waals surface area contributed by atoms with Gasteiger partial charge in [0.2, 0.25) is 5.91 Å². The number of hydrogen-bond donors (Lipinski definition) is 1. The van der Waals surface area contributed by atoms with Crippen LogP contribution in [-0.4, -0.2) is 11.7 Å². The van der Waals surface area contributed by atoms with E-state index in [1.165, 1.54) is 28.5 Å². The predicted molar refractivity (Wildman–Crippen MR) is 95.1 cm³/mol. The lowest BCUT2D eigenvalue weighted by Crippen LogP contribution is -2.14. The van der Waals surface area contributed by atoms with Gasteiger partial charge in [-0.05, 0) is 34.5 Å². The quantitative estimate of drug-likeness (QED) is 0.726. The number of hydrogen-bond acceptors (Lipinski definition) is 2. The maximum Gasteiger partial charge on any atom is 0.234 e. The van der Waals surface area contributed by atoms with Crippen LogP contribution in [0, 0.1) is 5.82 Å². The minimum atomic E-state index is -0.355. The number of carbonyl (C=O) groups excluding carboxylic acids is 1. The Morgan fingerprint density at radius 1 is 1.00 bits per heavy atom. The van der Waals surface area contributed by atoms with Crippen molar-refractivity contribution >= 4 is 34.1 Å². The lowest BCUT2D eigenvalue weighted by molar-refractivity contribution is -0.113. The summed E-state index contributed by atoms with van der Waals surface area (Å²) in [5, 5.41) is 5.13. The Morgan fingerprint density at radius 3 is 2.65 bits per heavy atom. The fourth-order valence-electron chi connectivity index (χ4n) is 2.44. The van der Waals surface area contributed by atoms with Crippen LogP contribution in [0.2, 0.25) is 0 Å². The zero-order chi connectivity index (χ0) is 16.1. The Bertz CT molecular complexity index is 829. The van der Waals surface area contributed by atoms with Crippen molar-refractivity contribution < 1.29 is 9.18 Å². The van der Waals surface area contributed by atoms with Gasteiger partial charge in [-0.25, -0.2) is 4.39 Å². The molecule has 0 radical (unpaired) electrons. The maximum atomic E-state index is 13.1. The highest BCUT2D eigenvalue weighted by Crippen LogP contribution is 2.22. The van der Waals surface area contributed by atoms with Crippen molar-refractivity contribution in [3.63, 3.8) is 0 Å². The molecule has 23 heavy (non-hydrogen) atoms. The maximum absolute atomic E-state index is 13.1. The van der Waals surface area contributed by atoms with E-state index in [1.54, 1.807) is 23.9 Å². The predicted octanol–water partition coefficient (Wildman–Crippen LogP) is 4.85. The summed E-state index contributed by atoms with van der Waals surface area (Å²) in [6.07, 6.45) is 0. The molecule has 0 unspecified atom stereocenters. The molecular formula is C19H16FNOS. The highest BCUT2D eigenvalue weighted by Gasteiger charge is 2.05. The van der Waals surface area contributed by atoms with Gasteiger partial charge < -0.3 is 5.32 Å². The molecule has 1 N–H and O–H groups in total. The third-order valence-corrected chi connectivity index (χ3v) is 4.46. The largest absolute Gasteiger partial charge is 0.325 e. The fourth-order valence-corrected chi connectivity index (χ4v) is 3.27. The zero-order valence-electron chi connectivity index (χ0n) is 12.5. The summed E-state index contributed by atoms with van der Waals surface area (Å²) in [6.45, 7) is 0. The monoisotopic (exact) mass is 325 g/mol. The molecule has 4 heteroatoms. The zero-order valence-corrected chi connectivity index (χ0v) is 13.3. The molecule has 0 bridgehead atoms. The number of thioether (sulfide) groups is 1. The van der Waals surface area contributed by atoms with Gasteiger partial charge in [-0.3, -0.25) is 4.79 Å². The minimum absolute atomic E-state index is 0.124. The van der Waals surface area contributed by atoms with E-state index in [0.29, 0.717) is 11.4 Å². The van der Waals surface area contributed by atoms with Gasteiger partial charge in [-0.15, -0.1) is 11.8 Å². The Morgan fingerprint density at radius 2 is 1.78 bits per heavy atom. The van der Waals surface area contributed by atoms with E-state index in [4.69, 9.17) is 0 Å². The van der Waals surface area contributed by atoms with Crippen LogP contribution in [0.5, 0.6) is 0 Å². The molecule has 0 atom stereocenters. The van der Waals surface area contributed by atoms with Crippen LogP contribution in [0.15, 0.2) is 66.7 Å². The molecule has 0 aromatic heterocycles. The van der Waals surface area contributed by atoms with Gasteiger partial charge in [0, 0.05) is 11.4 Å². The first-order valence-electron chi connectivity index (χ1n) is 7.32. The van der Waals surface area contributed by atoms with Crippen LogP contribution in [0.1, 0.15) is 5.56 Å². The smallest absolute Gasteiger partial charge is 0.234 e. The van der Waals surface area contributed by atoms with E-state index >= 15 is 0 Å². The average Bonchev–Trinajstić information content (AvgIpc) is 2.55. The lowest BCUT2D eigenvalue weighted by atomic mass is 10.1. The molecule has 3 aromatic rings. The molecule has 1 amide bonds. The first kappa shape index (κ1) is 15.6. The molecule has 2 nitrogen and oxygen atoms in total. The molecule has 0 saturated carbocycles. The Labute approximate surface area is 138 Å². The number of fused-ring (bicyclic) bond motifs is 1. The second kappa shape index (κ2) is 7.29. The molecule has 0 saturated heterocycles. The van der Waals surface area contributed by atoms with E-state index in [9.17, 15) is 9.18 Å². The summed E-state index contributed by atoms with van der Waals surface area (Å²) >= 11 is 1.55. The number of carbonyl (C=O) groups is 1. The number of benzene rings is 3. The van der Waals surface area contributed by atoms with E-state index in [2.05, 4.69) is 29.6 Å². The summed E-state index contributed by atoms with van der Waals surface area (Å²) in [6, 6.07) is 20.3. The van der Waals surface area contributed by atoms with Crippen LogP contribution in [0.4, 0.5) is 10.1 Å². The molecule has 0 aliphatic heterocycles. The molecule has 116 valence electrons. The highest BCUT2D eigenvalue weighted by atomic mass is 32.2. The molecule has 0 aliphatic carbocycles. The van der Waals surface area contributed by atoms with Gasteiger partial charge in [0.05, 0.1) is 5.75 Å². The summed E-state index contributed by atoms with van der Waals surface area (Å²) in [4.78, 5) is 11.9. The molecule has 0 spiro atoms. The van der Waals surface area contributed by atoms with E-state index < -0.39 is 0 Å². The van der Waals surface area contributed by atoms with Crippen molar-refractivity contribution in [1.29, 1.82) is 0 Å². The third-order valence-electron chi connectivity index (χ3n) is 3.48. The number of rotatable bonds is 5. The van der Waals surface area contributed by atoms with Gasteiger partial charge in [0.25, 0.3) is 0 Å². The van der Waals surface area contributed by atoms with Gasteiger partial charge in [-0.1, -0.05) is 48.5 Å². The molecule has 0 fully saturated rings. The summed E-state index contributed by atoms with van der Waals surface area (Å²) in [5.74, 6) is 0.615. The third kappa shape index (κ3) is 4.11. The van der Waals surface area contributed by atoms with Crippen molar-refractivity contribution in [2.24, 2.45) is 0 Å². The summed E-state index contributed by atoms with van der Waals surface area (Å²) < 4.78 is 13.1. The lowest BCUT2D eigenvalue weighted by Gasteiger charge is -2.07. The summed E-state index contributed by atoms with van der Waals surface area (Å²) in [5.41, 5.74) is 1.70. The molecular weight excluding hydrogens is 309 g/mol. The average molecular weight is 325 g/mol. The van der Waals surface area contributed by atoms with Crippen molar-refractivity contribution in [3.05, 3.63) is 78.1 Å². The van der Waals surface area contributed by atoms with Crippen molar-refractivity contribution in [1.82, 2.24) is 0 Å². The second-order valence-corrected chi connectivity index (χ2v) is 6.18. The van der Waals surface area contributed by atoms with E-state index in [0.717, 1.165) is 5.75 Å². The van der Waals surface area contributed by atoms with Gasteiger partial charge in [0.15, 0.2) is 0 Å². The highest BCUT2D eigenvalue weighted by molar-refractivity contribution is 7.99. The first-order valence-corrected chi connectivity index (χ1v) is 8.47. The van der Waals surface area contributed by atoms with Crippen LogP contribution < -0.4 is 5.32 Å². The topological polar surface area (TPSA) is 29.1 Å². The summed E-state index contributed by atoms with van der Waals surface area (Å²) in [7, 11) is 0. The van der Waals surface area contributed by atoms with Crippen LogP contribution >= 0.6 is 11.8 Å². The number of halogens is 1. The van der Waals surface area contributed by atoms with Crippen LogP contribution in [0.25, 0.3) is 10.8 Å².